The van der Waals surface area contributed by atoms with E-state index < -0.39 is 5.97 Å². The van der Waals surface area contributed by atoms with Gasteiger partial charge in [-0.05, 0) is 24.4 Å². The zero-order chi connectivity index (χ0) is 10.6. The molecule has 0 aliphatic heterocycles. The van der Waals surface area contributed by atoms with Crippen LogP contribution in [0.25, 0.3) is 0 Å². The summed E-state index contributed by atoms with van der Waals surface area (Å²) in [5.74, 6) is -0.478. The normalized spacial score (nSPS) is 8.93. The smallest absolute Gasteiger partial charge is 0.340 e. The molecule has 0 fully saturated rings. The summed E-state index contributed by atoms with van der Waals surface area (Å²) in [7, 11) is 6.82. The average Bonchev–Trinajstić information content (AvgIpc) is 2.17. The highest BCUT2D eigenvalue weighted by Crippen LogP contribution is 2.17. The molecule has 3 nitrogen and oxygen atoms in total. The maximum atomic E-state index is 11.2. The lowest BCUT2D eigenvalue weighted by atomic mass is 9.94. The molecule has 1 aromatic carbocycles. The summed E-state index contributed by atoms with van der Waals surface area (Å²) in [6, 6.07) is 4.66. The molecule has 0 atom stereocenters. The van der Waals surface area contributed by atoms with E-state index >= 15 is 0 Å². The topological polar surface area (TPSA) is 38.7 Å². The molecule has 0 aromatic heterocycles. The Morgan fingerprint density at radius 3 is 2.93 bits per heavy atom. The third-order valence-electron chi connectivity index (χ3n) is 1.59. The van der Waals surface area contributed by atoms with Gasteiger partial charge in [0.05, 0.1) is 23.5 Å². The standard InChI is InChI=1S/C9H6BNO2S/c1-13-9(12)7-3-2-6(10)4-8(7)11-5-14/h2-4H,1H3. The molecule has 0 bridgehead atoms. The molecule has 0 N–H and O–H groups in total. The third-order valence-corrected chi connectivity index (χ3v) is 1.68. The highest BCUT2D eigenvalue weighted by molar-refractivity contribution is 7.78. The lowest BCUT2D eigenvalue weighted by Gasteiger charge is -2.03. The molecule has 2 radical (unpaired) electrons. The number of rotatable bonds is 2. The van der Waals surface area contributed by atoms with Crippen molar-refractivity contribution in [3.63, 3.8) is 0 Å². The number of aliphatic imine (C=N–C) groups is 1. The van der Waals surface area contributed by atoms with Crippen molar-refractivity contribution in [1.82, 2.24) is 0 Å². The van der Waals surface area contributed by atoms with E-state index in [1.165, 1.54) is 19.2 Å². The zero-order valence-electron chi connectivity index (χ0n) is 7.48. The Kier molecular flexibility index (Phi) is 3.57. The Morgan fingerprint density at radius 1 is 1.64 bits per heavy atom. The number of carbonyl (C=O) groups excluding carboxylic acids is 1. The second-order valence-electron chi connectivity index (χ2n) is 2.47. The van der Waals surface area contributed by atoms with Crippen molar-refractivity contribution in [2.45, 2.75) is 0 Å². The van der Waals surface area contributed by atoms with E-state index in [0.29, 0.717) is 16.7 Å². The fourth-order valence-corrected chi connectivity index (χ4v) is 1.07. The Hall–Kier alpha value is -1.45. The molecule has 0 saturated carbocycles. The van der Waals surface area contributed by atoms with Crippen LogP contribution in [0.1, 0.15) is 10.4 Å². The van der Waals surface area contributed by atoms with Crippen LogP contribution in [0.2, 0.25) is 0 Å². The van der Waals surface area contributed by atoms with Crippen LogP contribution in [0.15, 0.2) is 23.2 Å². The minimum atomic E-state index is -0.478. The van der Waals surface area contributed by atoms with Gasteiger partial charge in [-0.15, -0.1) is 0 Å². The first-order valence-corrected chi connectivity index (χ1v) is 4.15. The van der Waals surface area contributed by atoms with Crippen LogP contribution < -0.4 is 5.46 Å². The fraction of sp³-hybridized carbons (Fsp3) is 0.111. The van der Waals surface area contributed by atoms with Gasteiger partial charge in [0.15, 0.2) is 0 Å². The second-order valence-corrected chi connectivity index (χ2v) is 2.65. The largest absolute Gasteiger partial charge is 0.465 e. The van der Waals surface area contributed by atoms with E-state index in [1.807, 2.05) is 0 Å². The van der Waals surface area contributed by atoms with Gasteiger partial charge in [0.25, 0.3) is 0 Å². The number of benzene rings is 1. The number of thiocarbonyl (C=S) groups is 1. The Morgan fingerprint density at radius 2 is 2.36 bits per heavy atom. The van der Waals surface area contributed by atoms with Crippen molar-refractivity contribution in [3.8, 4) is 0 Å². The van der Waals surface area contributed by atoms with Crippen molar-refractivity contribution < 1.29 is 9.53 Å². The highest BCUT2D eigenvalue weighted by atomic mass is 32.1. The van der Waals surface area contributed by atoms with Crippen LogP contribution in [0.5, 0.6) is 0 Å². The quantitative estimate of drug-likeness (QED) is 0.311. The van der Waals surface area contributed by atoms with E-state index in [-0.39, 0.29) is 0 Å². The molecular weight excluding hydrogens is 197 g/mol. The SMILES string of the molecule is [B]c1ccc(C(=O)OC)c(N=C=S)c1. The van der Waals surface area contributed by atoms with E-state index in [1.54, 1.807) is 6.07 Å². The van der Waals surface area contributed by atoms with Gasteiger partial charge in [-0.2, -0.15) is 4.99 Å². The number of carbonyl (C=O) groups is 1. The van der Waals surface area contributed by atoms with E-state index in [4.69, 9.17) is 7.85 Å². The van der Waals surface area contributed by atoms with Gasteiger partial charge in [0, 0.05) is 0 Å². The molecule has 5 heteroatoms. The summed E-state index contributed by atoms with van der Waals surface area (Å²) < 4.78 is 4.56. The highest BCUT2D eigenvalue weighted by Gasteiger charge is 2.10. The number of hydrogen-bond donors (Lipinski definition) is 0. The second kappa shape index (κ2) is 4.70. The molecule has 0 saturated heterocycles. The maximum absolute atomic E-state index is 11.2. The summed E-state index contributed by atoms with van der Waals surface area (Å²) in [6.45, 7) is 0. The van der Waals surface area contributed by atoms with Gasteiger partial charge in [0.2, 0.25) is 0 Å². The first-order valence-electron chi connectivity index (χ1n) is 3.74. The summed E-state index contributed by atoms with van der Waals surface area (Å²) in [6.07, 6.45) is 0. The minimum Gasteiger partial charge on any atom is -0.465 e. The first-order chi connectivity index (χ1) is 6.69. The Labute approximate surface area is 88.2 Å². The molecule has 0 aliphatic carbocycles. The number of hydrogen-bond acceptors (Lipinski definition) is 4. The number of ether oxygens (including phenoxy) is 1. The summed E-state index contributed by atoms with van der Waals surface area (Å²) in [5, 5.41) is 2.18. The van der Waals surface area contributed by atoms with Crippen LogP contribution in [0, 0.1) is 0 Å². The van der Waals surface area contributed by atoms with Crippen molar-refractivity contribution in [1.29, 1.82) is 0 Å². The summed E-state index contributed by atoms with van der Waals surface area (Å²) in [5.41, 5.74) is 1.19. The predicted octanol–water partition coefficient (Wildman–Crippen LogP) is 1.00. The Bertz CT molecular complexity index is 413. The fourth-order valence-electron chi connectivity index (χ4n) is 0.973. The average molecular weight is 203 g/mol. The summed E-state index contributed by atoms with van der Waals surface area (Å²) in [4.78, 5) is 15.0. The van der Waals surface area contributed by atoms with Crippen LogP contribution in [0.3, 0.4) is 0 Å². The van der Waals surface area contributed by atoms with Crippen LogP contribution in [0.4, 0.5) is 5.69 Å². The number of esters is 1. The lowest BCUT2D eigenvalue weighted by molar-refractivity contribution is 0.0602. The van der Waals surface area contributed by atoms with Gasteiger partial charge < -0.3 is 4.74 Å². The van der Waals surface area contributed by atoms with Crippen molar-refractivity contribution in [2.24, 2.45) is 4.99 Å². The number of nitrogens with zero attached hydrogens (tertiary/aromatic N) is 1. The molecule has 0 amide bonds. The summed E-state index contributed by atoms with van der Waals surface area (Å²) >= 11 is 4.45. The van der Waals surface area contributed by atoms with Crippen LogP contribution in [-0.4, -0.2) is 26.1 Å². The van der Waals surface area contributed by atoms with Crippen LogP contribution >= 0.6 is 12.2 Å². The molecule has 1 aromatic rings. The van der Waals surface area contributed by atoms with Gasteiger partial charge >= 0.3 is 5.97 Å². The van der Waals surface area contributed by atoms with E-state index in [2.05, 4.69) is 27.1 Å². The van der Waals surface area contributed by atoms with Gasteiger partial charge in [0.1, 0.15) is 7.85 Å². The monoisotopic (exact) mass is 203 g/mol. The van der Waals surface area contributed by atoms with Crippen LogP contribution in [-0.2, 0) is 4.74 Å². The van der Waals surface area contributed by atoms with Gasteiger partial charge in [-0.3, -0.25) is 0 Å². The number of isothiocyanates is 1. The predicted molar refractivity (Wildman–Crippen MR) is 57.9 cm³/mol. The van der Waals surface area contributed by atoms with Gasteiger partial charge in [-0.1, -0.05) is 11.5 Å². The van der Waals surface area contributed by atoms with E-state index in [0.717, 1.165) is 0 Å². The molecule has 0 heterocycles. The lowest BCUT2D eigenvalue weighted by Crippen LogP contribution is -2.06. The molecule has 0 aliphatic rings. The molecular formula is C9H6BNO2S. The Balaban J connectivity index is 3.28. The van der Waals surface area contributed by atoms with Crippen molar-refractivity contribution >= 4 is 42.3 Å². The molecule has 14 heavy (non-hydrogen) atoms. The van der Waals surface area contributed by atoms with Gasteiger partial charge in [-0.25, -0.2) is 4.79 Å². The third kappa shape index (κ3) is 2.28. The minimum absolute atomic E-state index is 0.319. The molecule has 1 rings (SSSR count). The molecule has 0 unspecified atom stereocenters. The van der Waals surface area contributed by atoms with E-state index in [9.17, 15) is 4.79 Å². The molecule has 68 valence electrons. The zero-order valence-corrected chi connectivity index (χ0v) is 8.30. The molecule has 0 spiro atoms. The first kappa shape index (κ1) is 10.6. The van der Waals surface area contributed by atoms with Crippen molar-refractivity contribution in [2.75, 3.05) is 7.11 Å². The maximum Gasteiger partial charge on any atom is 0.340 e. The van der Waals surface area contributed by atoms with Crippen molar-refractivity contribution in [3.05, 3.63) is 23.8 Å². The number of methoxy groups -OCH3 is 1.